The Morgan fingerprint density at radius 2 is 1.62 bits per heavy atom. The summed E-state index contributed by atoms with van der Waals surface area (Å²) in [7, 11) is 0. The predicted molar refractivity (Wildman–Crippen MR) is 88.7 cm³/mol. The maximum atomic E-state index is 6.28. The van der Waals surface area contributed by atoms with Gasteiger partial charge in [-0.3, -0.25) is 0 Å². The van der Waals surface area contributed by atoms with Crippen molar-refractivity contribution in [3.8, 4) is 5.75 Å². The van der Waals surface area contributed by atoms with Crippen LogP contribution in [-0.4, -0.2) is 6.04 Å². The number of benzene rings is 2. The summed E-state index contributed by atoms with van der Waals surface area (Å²) >= 11 is 0. The molecule has 0 radical (unpaired) electrons. The Labute approximate surface area is 127 Å². The molecule has 0 aliphatic rings. The average molecular weight is 283 g/mol. The molecule has 2 aromatic carbocycles. The minimum absolute atomic E-state index is 0.0192. The van der Waals surface area contributed by atoms with Gasteiger partial charge in [0.25, 0.3) is 0 Å². The molecule has 2 aromatic rings. The molecule has 2 nitrogen and oxygen atoms in total. The second-order valence-electron chi connectivity index (χ2n) is 5.77. The molecule has 0 bridgehead atoms. The van der Waals surface area contributed by atoms with E-state index in [1.54, 1.807) is 0 Å². The van der Waals surface area contributed by atoms with E-state index >= 15 is 0 Å². The van der Waals surface area contributed by atoms with Gasteiger partial charge >= 0.3 is 0 Å². The van der Waals surface area contributed by atoms with Gasteiger partial charge in [0.1, 0.15) is 11.9 Å². The second-order valence-corrected chi connectivity index (χ2v) is 5.77. The highest BCUT2D eigenvalue weighted by atomic mass is 16.5. The van der Waals surface area contributed by atoms with Gasteiger partial charge in [0.05, 0.1) is 0 Å². The first-order valence-electron chi connectivity index (χ1n) is 7.57. The van der Waals surface area contributed by atoms with Crippen LogP contribution in [0.3, 0.4) is 0 Å². The van der Waals surface area contributed by atoms with E-state index in [1.807, 2.05) is 6.07 Å². The molecule has 0 fully saturated rings. The Morgan fingerprint density at radius 1 is 0.952 bits per heavy atom. The van der Waals surface area contributed by atoms with Crippen LogP contribution in [0.2, 0.25) is 0 Å². The Morgan fingerprint density at radius 3 is 2.19 bits per heavy atom. The first-order chi connectivity index (χ1) is 10.0. The summed E-state index contributed by atoms with van der Waals surface area (Å²) in [4.78, 5) is 0. The van der Waals surface area contributed by atoms with Gasteiger partial charge in [0.2, 0.25) is 0 Å². The molecule has 0 spiro atoms. The fourth-order valence-corrected chi connectivity index (χ4v) is 2.31. The molecular formula is C19H25NO. The van der Waals surface area contributed by atoms with Gasteiger partial charge in [-0.15, -0.1) is 0 Å². The topological polar surface area (TPSA) is 35.2 Å². The molecule has 2 unspecified atom stereocenters. The maximum absolute atomic E-state index is 6.28. The van der Waals surface area contributed by atoms with Crippen molar-refractivity contribution in [3.63, 3.8) is 0 Å². The molecule has 0 saturated heterocycles. The number of hydrogen-bond donors (Lipinski definition) is 1. The summed E-state index contributed by atoms with van der Waals surface area (Å²) in [5, 5.41) is 0. The van der Waals surface area contributed by atoms with E-state index in [2.05, 4.69) is 64.1 Å². The number of hydrogen-bond acceptors (Lipinski definition) is 2. The molecule has 2 rings (SSSR count). The molecule has 2 heteroatoms. The Kier molecular flexibility index (Phi) is 5.03. The normalized spacial score (nSPS) is 13.8. The van der Waals surface area contributed by atoms with Crippen LogP contribution in [0.5, 0.6) is 5.75 Å². The highest BCUT2D eigenvalue weighted by Gasteiger charge is 2.20. The van der Waals surface area contributed by atoms with Crippen molar-refractivity contribution in [2.24, 2.45) is 5.73 Å². The number of rotatable bonds is 5. The third-order valence-electron chi connectivity index (χ3n) is 4.01. The molecule has 2 N–H and O–H groups in total. The van der Waals surface area contributed by atoms with Gasteiger partial charge in [-0.25, -0.2) is 0 Å². The van der Waals surface area contributed by atoms with Crippen molar-refractivity contribution in [2.45, 2.75) is 46.3 Å². The molecule has 0 aromatic heterocycles. The largest absolute Gasteiger partial charge is 0.484 e. The molecule has 0 aliphatic carbocycles. The van der Waals surface area contributed by atoms with Crippen molar-refractivity contribution in [2.75, 3.05) is 0 Å². The number of nitrogens with two attached hydrogens (primary N) is 1. The summed E-state index contributed by atoms with van der Waals surface area (Å²) < 4.78 is 6.20. The van der Waals surface area contributed by atoms with Gasteiger partial charge in [-0.1, -0.05) is 42.8 Å². The zero-order valence-electron chi connectivity index (χ0n) is 13.4. The summed E-state index contributed by atoms with van der Waals surface area (Å²) in [6.07, 6.45) is 0.765. The molecule has 2 atom stereocenters. The molecule has 0 heterocycles. The van der Waals surface area contributed by atoms with E-state index < -0.39 is 0 Å². The van der Waals surface area contributed by atoms with E-state index in [0.29, 0.717) is 0 Å². The third kappa shape index (κ3) is 3.85. The fraction of sp³-hybridized carbons (Fsp3) is 0.368. The van der Waals surface area contributed by atoms with Crippen LogP contribution in [0.25, 0.3) is 0 Å². The van der Waals surface area contributed by atoms with E-state index in [9.17, 15) is 0 Å². The number of ether oxygens (including phenoxy) is 1. The predicted octanol–water partition coefficient (Wildman–Crippen LogP) is 4.47. The van der Waals surface area contributed by atoms with Crippen molar-refractivity contribution < 1.29 is 4.74 Å². The van der Waals surface area contributed by atoms with Gasteiger partial charge < -0.3 is 10.5 Å². The van der Waals surface area contributed by atoms with Crippen molar-refractivity contribution in [3.05, 3.63) is 64.7 Å². The van der Waals surface area contributed by atoms with Crippen molar-refractivity contribution >= 4 is 0 Å². The molecule has 0 amide bonds. The summed E-state index contributed by atoms with van der Waals surface area (Å²) in [6.45, 7) is 8.38. The summed E-state index contributed by atoms with van der Waals surface area (Å²) in [5.74, 6) is 0.882. The highest BCUT2D eigenvalue weighted by Crippen LogP contribution is 2.27. The van der Waals surface area contributed by atoms with E-state index in [-0.39, 0.29) is 12.1 Å². The lowest BCUT2D eigenvalue weighted by Gasteiger charge is -2.25. The molecule has 112 valence electrons. The van der Waals surface area contributed by atoms with Crippen LogP contribution in [0, 0.1) is 20.8 Å². The zero-order valence-corrected chi connectivity index (χ0v) is 13.4. The fourth-order valence-electron chi connectivity index (χ4n) is 2.31. The van der Waals surface area contributed by atoms with E-state index in [4.69, 9.17) is 10.5 Å². The lowest BCUT2D eigenvalue weighted by atomic mass is 9.99. The van der Waals surface area contributed by atoms with Gasteiger partial charge in [-0.05, 0) is 56.0 Å². The summed E-state index contributed by atoms with van der Waals surface area (Å²) in [5.41, 5.74) is 11.2. The van der Waals surface area contributed by atoms with Crippen LogP contribution in [-0.2, 0) is 0 Å². The maximum Gasteiger partial charge on any atom is 0.139 e. The van der Waals surface area contributed by atoms with Crippen LogP contribution in [0.4, 0.5) is 0 Å². The minimum Gasteiger partial charge on any atom is -0.484 e. The lowest BCUT2D eigenvalue weighted by molar-refractivity contribution is 0.171. The molecular weight excluding hydrogens is 258 g/mol. The number of aryl methyl sites for hydroxylation is 3. The SMILES string of the molecule is CCC(N)C(Oc1ccc(C)c(C)c1)c1ccc(C)cc1. The zero-order chi connectivity index (χ0) is 15.4. The van der Waals surface area contributed by atoms with Gasteiger partial charge in [0.15, 0.2) is 0 Å². The van der Waals surface area contributed by atoms with Crippen LogP contribution in [0.15, 0.2) is 42.5 Å². The Balaban J connectivity index is 2.28. The van der Waals surface area contributed by atoms with Crippen molar-refractivity contribution in [1.29, 1.82) is 0 Å². The van der Waals surface area contributed by atoms with Crippen LogP contribution in [0.1, 0.15) is 41.7 Å². The monoisotopic (exact) mass is 283 g/mol. The van der Waals surface area contributed by atoms with E-state index in [1.165, 1.54) is 16.7 Å². The highest BCUT2D eigenvalue weighted by molar-refractivity contribution is 5.35. The van der Waals surface area contributed by atoms with Crippen LogP contribution >= 0.6 is 0 Å². The molecule has 0 saturated carbocycles. The Bertz CT molecular complexity index is 589. The first-order valence-corrected chi connectivity index (χ1v) is 7.57. The third-order valence-corrected chi connectivity index (χ3v) is 4.01. The van der Waals surface area contributed by atoms with Crippen LogP contribution < -0.4 is 10.5 Å². The minimum atomic E-state index is -0.113. The van der Waals surface area contributed by atoms with E-state index in [0.717, 1.165) is 17.7 Å². The average Bonchev–Trinajstić information content (AvgIpc) is 2.48. The lowest BCUT2D eigenvalue weighted by Crippen LogP contribution is -2.31. The molecule has 21 heavy (non-hydrogen) atoms. The van der Waals surface area contributed by atoms with Gasteiger partial charge in [-0.2, -0.15) is 0 Å². The second kappa shape index (κ2) is 6.77. The molecule has 0 aliphatic heterocycles. The van der Waals surface area contributed by atoms with Gasteiger partial charge in [0, 0.05) is 6.04 Å². The smallest absolute Gasteiger partial charge is 0.139 e. The Hall–Kier alpha value is -1.80. The van der Waals surface area contributed by atoms with Crippen molar-refractivity contribution in [1.82, 2.24) is 0 Å². The quantitative estimate of drug-likeness (QED) is 0.878. The standard InChI is InChI=1S/C19H25NO/c1-5-18(20)19(16-9-6-13(2)7-10-16)21-17-11-8-14(3)15(4)12-17/h6-12,18-19H,5,20H2,1-4H3. The summed E-state index contributed by atoms with van der Waals surface area (Å²) in [6, 6.07) is 14.6. The first kappa shape index (κ1) is 15.6.